The van der Waals surface area contributed by atoms with Crippen molar-refractivity contribution in [3.63, 3.8) is 0 Å². The van der Waals surface area contributed by atoms with E-state index < -0.39 is 0 Å². The molecule has 0 aromatic carbocycles. The van der Waals surface area contributed by atoms with Crippen molar-refractivity contribution >= 4 is 5.95 Å². The Labute approximate surface area is 105 Å². The normalized spacial score (nSPS) is 14.5. The summed E-state index contributed by atoms with van der Waals surface area (Å²) in [6.07, 6.45) is 9.22. The molecular formula is C14H25N3. The standard InChI is InChI=1S/C14H25N3/c1-4-6-7-8-10-14(3,5-2)12-9-11-16-13(15)17-12/h9,11H,4-8,10H2,1-3H3,(H2,15,16,17). The van der Waals surface area contributed by atoms with Crippen molar-refractivity contribution < 1.29 is 0 Å². The van der Waals surface area contributed by atoms with Crippen molar-refractivity contribution in [1.82, 2.24) is 9.97 Å². The van der Waals surface area contributed by atoms with Gasteiger partial charge in [-0.05, 0) is 18.9 Å². The van der Waals surface area contributed by atoms with E-state index in [2.05, 4.69) is 30.7 Å². The van der Waals surface area contributed by atoms with Crippen LogP contribution in [0.25, 0.3) is 0 Å². The van der Waals surface area contributed by atoms with Crippen molar-refractivity contribution in [3.05, 3.63) is 18.0 Å². The molecule has 0 aliphatic carbocycles. The number of aromatic nitrogens is 2. The van der Waals surface area contributed by atoms with Gasteiger partial charge in [-0.3, -0.25) is 0 Å². The van der Waals surface area contributed by atoms with E-state index in [4.69, 9.17) is 5.73 Å². The summed E-state index contributed by atoms with van der Waals surface area (Å²) < 4.78 is 0. The maximum absolute atomic E-state index is 5.66. The lowest BCUT2D eigenvalue weighted by Crippen LogP contribution is -2.23. The monoisotopic (exact) mass is 235 g/mol. The Morgan fingerprint density at radius 2 is 2.00 bits per heavy atom. The molecule has 0 aliphatic heterocycles. The number of nitrogens with two attached hydrogens (primary N) is 1. The molecule has 0 amide bonds. The van der Waals surface area contributed by atoms with Gasteiger partial charge in [-0.15, -0.1) is 0 Å². The number of hydrogen-bond acceptors (Lipinski definition) is 3. The van der Waals surface area contributed by atoms with Crippen molar-refractivity contribution in [2.75, 3.05) is 5.73 Å². The molecule has 3 nitrogen and oxygen atoms in total. The Bertz CT molecular complexity index is 338. The molecule has 2 N–H and O–H groups in total. The van der Waals surface area contributed by atoms with Gasteiger partial charge in [-0.1, -0.05) is 46.5 Å². The lowest BCUT2D eigenvalue weighted by Gasteiger charge is -2.27. The Kier molecular flexibility index (Phi) is 5.39. The summed E-state index contributed by atoms with van der Waals surface area (Å²) in [5.41, 5.74) is 6.89. The van der Waals surface area contributed by atoms with E-state index in [9.17, 15) is 0 Å². The summed E-state index contributed by atoms with van der Waals surface area (Å²) in [5, 5.41) is 0. The van der Waals surface area contributed by atoms with Crippen LogP contribution in [0.15, 0.2) is 12.3 Å². The molecule has 0 aliphatic rings. The Balaban J connectivity index is 2.67. The average molecular weight is 235 g/mol. The van der Waals surface area contributed by atoms with Crippen LogP contribution in [0.3, 0.4) is 0 Å². The number of rotatable bonds is 7. The fourth-order valence-corrected chi connectivity index (χ4v) is 2.14. The summed E-state index contributed by atoms with van der Waals surface area (Å²) >= 11 is 0. The molecule has 1 aromatic heterocycles. The van der Waals surface area contributed by atoms with Gasteiger partial charge in [0.05, 0.1) is 5.69 Å². The molecule has 0 spiro atoms. The van der Waals surface area contributed by atoms with Crippen molar-refractivity contribution in [1.29, 1.82) is 0 Å². The summed E-state index contributed by atoms with van der Waals surface area (Å²) in [6, 6.07) is 2.00. The first-order chi connectivity index (χ1) is 8.12. The quantitative estimate of drug-likeness (QED) is 0.733. The maximum atomic E-state index is 5.66. The van der Waals surface area contributed by atoms with Gasteiger partial charge in [-0.25, -0.2) is 9.97 Å². The highest BCUT2D eigenvalue weighted by Gasteiger charge is 2.25. The lowest BCUT2D eigenvalue weighted by atomic mass is 9.79. The largest absolute Gasteiger partial charge is 0.368 e. The van der Waals surface area contributed by atoms with Gasteiger partial charge in [-0.2, -0.15) is 0 Å². The van der Waals surface area contributed by atoms with Gasteiger partial charge >= 0.3 is 0 Å². The summed E-state index contributed by atoms with van der Waals surface area (Å²) in [7, 11) is 0. The number of nitrogens with zero attached hydrogens (tertiary/aromatic N) is 2. The van der Waals surface area contributed by atoms with E-state index in [0.29, 0.717) is 5.95 Å². The minimum absolute atomic E-state index is 0.144. The fourth-order valence-electron chi connectivity index (χ4n) is 2.14. The molecule has 1 unspecified atom stereocenters. The van der Waals surface area contributed by atoms with Crippen LogP contribution in [0.5, 0.6) is 0 Å². The number of anilines is 1. The van der Waals surface area contributed by atoms with E-state index in [1.54, 1.807) is 6.20 Å². The summed E-state index contributed by atoms with van der Waals surface area (Å²) in [5.74, 6) is 0.385. The molecule has 0 bridgehead atoms. The van der Waals surface area contributed by atoms with Crippen LogP contribution in [0.4, 0.5) is 5.95 Å². The number of nitrogen functional groups attached to an aromatic ring is 1. The zero-order chi connectivity index (χ0) is 12.7. The molecule has 0 radical (unpaired) electrons. The van der Waals surface area contributed by atoms with Gasteiger partial charge in [0, 0.05) is 11.6 Å². The highest BCUT2D eigenvalue weighted by atomic mass is 15.0. The van der Waals surface area contributed by atoms with Gasteiger partial charge in [0.1, 0.15) is 0 Å². The molecule has 1 atom stereocenters. The van der Waals surface area contributed by atoms with Crippen LogP contribution >= 0.6 is 0 Å². The van der Waals surface area contributed by atoms with Crippen molar-refractivity contribution in [2.24, 2.45) is 0 Å². The molecular weight excluding hydrogens is 210 g/mol. The molecule has 0 saturated heterocycles. The van der Waals surface area contributed by atoms with Crippen LogP contribution < -0.4 is 5.73 Å². The van der Waals surface area contributed by atoms with Crippen molar-refractivity contribution in [2.45, 2.75) is 64.7 Å². The van der Waals surface area contributed by atoms with E-state index in [0.717, 1.165) is 12.1 Å². The van der Waals surface area contributed by atoms with Gasteiger partial charge < -0.3 is 5.73 Å². The smallest absolute Gasteiger partial charge is 0.220 e. The first-order valence-electron chi connectivity index (χ1n) is 6.71. The second-order valence-corrected chi connectivity index (χ2v) is 5.02. The molecule has 0 saturated carbocycles. The van der Waals surface area contributed by atoms with Crippen LogP contribution in [0.2, 0.25) is 0 Å². The third kappa shape index (κ3) is 3.99. The number of hydrogen-bond donors (Lipinski definition) is 1. The first-order valence-corrected chi connectivity index (χ1v) is 6.71. The second-order valence-electron chi connectivity index (χ2n) is 5.02. The van der Waals surface area contributed by atoms with Crippen LogP contribution in [-0.4, -0.2) is 9.97 Å². The second kappa shape index (κ2) is 6.58. The average Bonchev–Trinajstić information content (AvgIpc) is 2.34. The number of unbranched alkanes of at least 4 members (excludes halogenated alkanes) is 3. The van der Waals surface area contributed by atoms with Gasteiger partial charge in [0.2, 0.25) is 5.95 Å². The Morgan fingerprint density at radius 3 is 2.59 bits per heavy atom. The molecule has 1 rings (SSSR count). The topological polar surface area (TPSA) is 51.8 Å². The Hall–Kier alpha value is -1.12. The minimum Gasteiger partial charge on any atom is -0.368 e. The predicted molar refractivity (Wildman–Crippen MR) is 72.8 cm³/mol. The third-order valence-electron chi connectivity index (χ3n) is 3.66. The zero-order valence-electron chi connectivity index (χ0n) is 11.4. The van der Waals surface area contributed by atoms with Crippen LogP contribution in [0.1, 0.15) is 65.0 Å². The molecule has 3 heteroatoms. The highest BCUT2D eigenvalue weighted by molar-refractivity contribution is 5.22. The zero-order valence-corrected chi connectivity index (χ0v) is 11.4. The van der Waals surface area contributed by atoms with Crippen LogP contribution in [0, 0.1) is 0 Å². The summed E-state index contributed by atoms with van der Waals surface area (Å²) in [6.45, 7) is 6.74. The van der Waals surface area contributed by atoms with E-state index in [-0.39, 0.29) is 5.41 Å². The molecule has 1 aromatic rings. The van der Waals surface area contributed by atoms with Crippen LogP contribution in [-0.2, 0) is 5.41 Å². The summed E-state index contributed by atoms with van der Waals surface area (Å²) in [4.78, 5) is 8.35. The van der Waals surface area contributed by atoms with E-state index in [1.165, 1.54) is 32.1 Å². The van der Waals surface area contributed by atoms with Crippen molar-refractivity contribution in [3.8, 4) is 0 Å². The van der Waals surface area contributed by atoms with E-state index >= 15 is 0 Å². The van der Waals surface area contributed by atoms with Gasteiger partial charge in [0.25, 0.3) is 0 Å². The third-order valence-corrected chi connectivity index (χ3v) is 3.66. The predicted octanol–water partition coefficient (Wildman–Crippen LogP) is 3.70. The molecule has 96 valence electrons. The minimum atomic E-state index is 0.144. The highest BCUT2D eigenvalue weighted by Crippen LogP contribution is 2.32. The van der Waals surface area contributed by atoms with Gasteiger partial charge in [0.15, 0.2) is 0 Å². The molecule has 0 fully saturated rings. The molecule has 1 heterocycles. The Morgan fingerprint density at radius 1 is 1.24 bits per heavy atom. The van der Waals surface area contributed by atoms with E-state index in [1.807, 2.05) is 6.07 Å². The first kappa shape index (κ1) is 13.9. The fraction of sp³-hybridized carbons (Fsp3) is 0.714. The maximum Gasteiger partial charge on any atom is 0.220 e. The molecule has 17 heavy (non-hydrogen) atoms. The lowest BCUT2D eigenvalue weighted by molar-refractivity contribution is 0.385. The SMILES string of the molecule is CCCCCCC(C)(CC)c1ccnc(N)n1.